The Morgan fingerprint density at radius 1 is 1.38 bits per heavy atom. The Balaban J connectivity index is 1.70. The number of nitrogens with one attached hydrogen (secondary N) is 2. The van der Waals surface area contributed by atoms with Crippen LogP contribution in [0.2, 0.25) is 0 Å². The summed E-state index contributed by atoms with van der Waals surface area (Å²) in [5, 5.41) is 5.91. The van der Waals surface area contributed by atoms with E-state index in [1.807, 2.05) is 11.9 Å². The second-order valence-corrected chi connectivity index (χ2v) is 5.36. The lowest BCUT2D eigenvalue weighted by Gasteiger charge is -2.28. The maximum Gasteiger partial charge on any atom is 0.238 e. The molecule has 5 nitrogen and oxygen atoms in total. The summed E-state index contributed by atoms with van der Waals surface area (Å²) in [7, 11) is 1.91. The van der Waals surface area contributed by atoms with Crippen molar-refractivity contribution < 1.29 is 9.18 Å². The molecule has 0 bridgehead atoms. The molecule has 0 radical (unpaired) electrons. The fourth-order valence-corrected chi connectivity index (χ4v) is 2.32. The van der Waals surface area contributed by atoms with Crippen LogP contribution in [0, 0.1) is 5.82 Å². The van der Waals surface area contributed by atoms with Gasteiger partial charge in [-0.15, -0.1) is 0 Å². The second-order valence-electron chi connectivity index (χ2n) is 5.36. The molecular weight excluding hydrogens is 271 g/mol. The molecule has 1 saturated heterocycles. The van der Waals surface area contributed by atoms with Gasteiger partial charge < -0.3 is 10.6 Å². The summed E-state index contributed by atoms with van der Waals surface area (Å²) in [4.78, 5) is 16.2. The number of hydrogen-bond donors (Lipinski definition) is 2. The zero-order chi connectivity index (χ0) is 15.1. The first-order valence-electron chi connectivity index (χ1n) is 7.31. The van der Waals surface area contributed by atoms with Crippen LogP contribution in [0.3, 0.4) is 0 Å². The molecule has 0 aliphatic carbocycles. The van der Waals surface area contributed by atoms with Crippen LogP contribution in [-0.4, -0.2) is 68.6 Å². The molecule has 1 fully saturated rings. The van der Waals surface area contributed by atoms with Gasteiger partial charge in [0.15, 0.2) is 0 Å². The van der Waals surface area contributed by atoms with Crippen LogP contribution < -0.4 is 10.6 Å². The summed E-state index contributed by atoms with van der Waals surface area (Å²) >= 11 is 0. The van der Waals surface area contributed by atoms with Crippen molar-refractivity contribution in [2.45, 2.75) is 0 Å². The molecule has 1 aromatic carbocycles. The van der Waals surface area contributed by atoms with Crippen LogP contribution in [0.4, 0.5) is 10.1 Å². The van der Waals surface area contributed by atoms with E-state index in [0.29, 0.717) is 0 Å². The van der Waals surface area contributed by atoms with Crippen LogP contribution in [0.5, 0.6) is 0 Å². The quantitative estimate of drug-likeness (QED) is 0.807. The van der Waals surface area contributed by atoms with Gasteiger partial charge in [0.05, 0.1) is 12.2 Å². The Hall–Kier alpha value is -1.50. The smallest absolute Gasteiger partial charge is 0.238 e. The monoisotopic (exact) mass is 294 g/mol. The number of rotatable bonds is 6. The molecule has 1 heterocycles. The van der Waals surface area contributed by atoms with Crippen LogP contribution in [0.15, 0.2) is 24.3 Å². The molecule has 6 heteroatoms. The van der Waals surface area contributed by atoms with Gasteiger partial charge in [0, 0.05) is 39.3 Å². The van der Waals surface area contributed by atoms with E-state index in [9.17, 15) is 9.18 Å². The molecule has 0 aromatic heterocycles. The summed E-state index contributed by atoms with van der Waals surface area (Å²) in [6.45, 7) is 6.19. The number of anilines is 1. The van der Waals surface area contributed by atoms with E-state index in [1.54, 1.807) is 18.2 Å². The summed E-state index contributed by atoms with van der Waals surface area (Å²) in [6, 6.07) is 6.20. The van der Waals surface area contributed by atoms with E-state index < -0.39 is 5.82 Å². The molecule has 2 rings (SSSR count). The van der Waals surface area contributed by atoms with Crippen molar-refractivity contribution in [1.82, 2.24) is 15.1 Å². The first-order valence-corrected chi connectivity index (χ1v) is 7.31. The Kier molecular flexibility index (Phi) is 6.10. The zero-order valence-electron chi connectivity index (χ0n) is 12.4. The fraction of sp³-hybridized carbons (Fsp3) is 0.533. The summed E-state index contributed by atoms with van der Waals surface area (Å²) in [5.41, 5.74) is 0.234. The fourth-order valence-electron chi connectivity index (χ4n) is 2.32. The van der Waals surface area contributed by atoms with Crippen molar-refractivity contribution in [3.8, 4) is 0 Å². The molecule has 0 spiro atoms. The predicted molar refractivity (Wildman–Crippen MR) is 81.8 cm³/mol. The third-order valence-corrected chi connectivity index (χ3v) is 3.57. The number of nitrogens with zero attached hydrogens (tertiary/aromatic N) is 2. The molecule has 21 heavy (non-hydrogen) atoms. The van der Waals surface area contributed by atoms with Gasteiger partial charge in [0.2, 0.25) is 5.91 Å². The molecule has 0 saturated carbocycles. The van der Waals surface area contributed by atoms with Gasteiger partial charge in [-0.1, -0.05) is 12.1 Å². The number of piperazine rings is 1. The van der Waals surface area contributed by atoms with Crippen LogP contribution in [0.1, 0.15) is 0 Å². The lowest BCUT2D eigenvalue weighted by Crippen LogP contribution is -2.46. The Bertz CT molecular complexity index is 463. The molecule has 2 N–H and O–H groups in total. The van der Waals surface area contributed by atoms with Crippen molar-refractivity contribution in [3.05, 3.63) is 30.1 Å². The number of likely N-dealkylation sites (N-methyl/N-ethyl adjacent to an activating group) is 1. The first-order chi connectivity index (χ1) is 10.1. The van der Waals surface area contributed by atoms with E-state index in [4.69, 9.17) is 0 Å². The molecular formula is C15H23FN4O. The molecule has 1 aromatic rings. The highest BCUT2D eigenvalue weighted by molar-refractivity contribution is 5.92. The maximum atomic E-state index is 13.4. The highest BCUT2D eigenvalue weighted by Crippen LogP contribution is 2.11. The van der Waals surface area contributed by atoms with E-state index in [2.05, 4.69) is 15.5 Å². The highest BCUT2D eigenvalue weighted by atomic mass is 19.1. The van der Waals surface area contributed by atoms with Crippen molar-refractivity contribution >= 4 is 11.6 Å². The zero-order valence-corrected chi connectivity index (χ0v) is 12.4. The molecule has 116 valence electrons. The lowest BCUT2D eigenvalue weighted by molar-refractivity contribution is -0.117. The van der Waals surface area contributed by atoms with Crippen LogP contribution in [-0.2, 0) is 4.79 Å². The number of carbonyl (C=O) groups excluding carboxylic acids is 1. The van der Waals surface area contributed by atoms with Gasteiger partial charge in [-0.25, -0.2) is 4.39 Å². The third kappa shape index (κ3) is 5.41. The molecule has 1 aliphatic rings. The van der Waals surface area contributed by atoms with Gasteiger partial charge in [-0.3, -0.25) is 14.6 Å². The minimum atomic E-state index is -0.408. The average Bonchev–Trinajstić information content (AvgIpc) is 2.48. The van der Waals surface area contributed by atoms with Crippen molar-refractivity contribution in [3.63, 3.8) is 0 Å². The van der Waals surface area contributed by atoms with Crippen molar-refractivity contribution in [2.24, 2.45) is 0 Å². The standard InChI is InChI=1S/C15H23FN4O/c1-19(10-11-20-8-6-17-7-9-20)12-15(21)18-14-5-3-2-4-13(14)16/h2-5,17H,6-12H2,1H3,(H,18,21). The van der Waals surface area contributed by atoms with E-state index >= 15 is 0 Å². The Morgan fingerprint density at radius 2 is 2.10 bits per heavy atom. The summed E-state index contributed by atoms with van der Waals surface area (Å²) in [5.74, 6) is -0.600. The molecule has 1 amide bonds. The normalized spacial score (nSPS) is 16.1. The van der Waals surface area contributed by atoms with Gasteiger partial charge in [-0.2, -0.15) is 0 Å². The summed E-state index contributed by atoms with van der Waals surface area (Å²) in [6.07, 6.45) is 0. The third-order valence-electron chi connectivity index (χ3n) is 3.57. The van der Waals surface area contributed by atoms with E-state index in [-0.39, 0.29) is 18.1 Å². The molecule has 0 unspecified atom stereocenters. The average molecular weight is 294 g/mol. The number of para-hydroxylation sites is 1. The minimum Gasteiger partial charge on any atom is -0.322 e. The van der Waals surface area contributed by atoms with E-state index in [0.717, 1.165) is 39.3 Å². The van der Waals surface area contributed by atoms with Crippen LogP contribution >= 0.6 is 0 Å². The number of amides is 1. The minimum absolute atomic E-state index is 0.192. The first kappa shape index (κ1) is 15.9. The Labute approximate surface area is 125 Å². The van der Waals surface area contributed by atoms with Crippen LogP contribution in [0.25, 0.3) is 0 Å². The number of hydrogen-bond acceptors (Lipinski definition) is 4. The topological polar surface area (TPSA) is 47.6 Å². The largest absolute Gasteiger partial charge is 0.322 e. The SMILES string of the molecule is CN(CCN1CCNCC1)CC(=O)Nc1ccccc1F. The lowest BCUT2D eigenvalue weighted by atomic mass is 10.3. The van der Waals surface area contributed by atoms with Gasteiger partial charge in [-0.05, 0) is 19.2 Å². The predicted octanol–water partition coefficient (Wildman–Crippen LogP) is 0.601. The molecule has 1 aliphatic heterocycles. The van der Waals surface area contributed by atoms with Gasteiger partial charge in [0.25, 0.3) is 0 Å². The number of halogens is 1. The summed E-state index contributed by atoms with van der Waals surface area (Å²) < 4.78 is 13.4. The molecule has 0 atom stereocenters. The Morgan fingerprint density at radius 3 is 2.81 bits per heavy atom. The van der Waals surface area contributed by atoms with Crippen molar-refractivity contribution in [2.75, 3.05) is 58.2 Å². The van der Waals surface area contributed by atoms with Gasteiger partial charge in [0.1, 0.15) is 5.82 Å². The second kappa shape index (κ2) is 8.07. The number of benzene rings is 1. The van der Waals surface area contributed by atoms with Crippen molar-refractivity contribution in [1.29, 1.82) is 0 Å². The number of carbonyl (C=O) groups is 1. The van der Waals surface area contributed by atoms with Gasteiger partial charge >= 0.3 is 0 Å². The highest BCUT2D eigenvalue weighted by Gasteiger charge is 2.12. The maximum absolute atomic E-state index is 13.4. The van der Waals surface area contributed by atoms with E-state index in [1.165, 1.54) is 6.07 Å².